The molecule has 1 aromatic heterocycles. The number of aliphatic hydroxyl groups excluding tert-OH is 1. The molecule has 1 aromatic carbocycles. The Morgan fingerprint density at radius 3 is 2.64 bits per heavy atom. The van der Waals surface area contributed by atoms with Gasteiger partial charge in [-0.2, -0.15) is 0 Å². The van der Waals surface area contributed by atoms with Crippen LogP contribution in [0.25, 0.3) is 11.0 Å². The molecule has 2 saturated heterocycles. The van der Waals surface area contributed by atoms with E-state index in [-0.39, 0.29) is 17.4 Å². The molecule has 6 nitrogen and oxygen atoms in total. The van der Waals surface area contributed by atoms with Gasteiger partial charge in [0.15, 0.2) is 0 Å². The summed E-state index contributed by atoms with van der Waals surface area (Å²) in [5.74, 6) is 0. The Hall–Kier alpha value is -1.63. The van der Waals surface area contributed by atoms with E-state index in [1.165, 1.54) is 5.56 Å². The summed E-state index contributed by atoms with van der Waals surface area (Å²) in [6, 6.07) is 6.26. The number of likely N-dealkylation sites (tertiary alicyclic amines) is 1. The molecule has 1 N–H and O–H groups in total. The average Bonchev–Trinajstić information content (AvgIpc) is 2.84. The highest BCUT2D eigenvalue weighted by Gasteiger charge is 2.43. The summed E-state index contributed by atoms with van der Waals surface area (Å²) in [7, 11) is 3.63. The second-order valence-electron chi connectivity index (χ2n) is 7.57. The van der Waals surface area contributed by atoms with Gasteiger partial charge in [0.05, 0.1) is 22.7 Å². The number of benzene rings is 1. The fraction of sp³-hybridized carbons (Fsp3) is 0.632. The maximum Gasteiger partial charge on any atom is 0.328 e. The molecular weight excluding hydrogens is 318 g/mol. The third kappa shape index (κ3) is 2.82. The molecule has 0 amide bonds. The fourth-order valence-electron chi connectivity index (χ4n) is 4.39. The molecule has 2 aliphatic rings. The van der Waals surface area contributed by atoms with E-state index in [0.717, 1.165) is 63.0 Å². The molecule has 3 heterocycles. The minimum atomic E-state index is -0.321. The molecule has 136 valence electrons. The van der Waals surface area contributed by atoms with Gasteiger partial charge in [-0.05, 0) is 43.4 Å². The monoisotopic (exact) mass is 345 g/mol. The number of aliphatic hydroxyl groups is 1. The maximum atomic E-state index is 12.1. The summed E-state index contributed by atoms with van der Waals surface area (Å²) < 4.78 is 9.38. The molecule has 1 atom stereocenters. The molecule has 6 heteroatoms. The van der Waals surface area contributed by atoms with E-state index in [2.05, 4.69) is 17.0 Å². The van der Waals surface area contributed by atoms with Crippen molar-refractivity contribution in [2.75, 3.05) is 19.7 Å². The fourth-order valence-corrected chi connectivity index (χ4v) is 4.39. The molecule has 4 rings (SSSR count). The average molecular weight is 345 g/mol. The smallest absolute Gasteiger partial charge is 0.328 e. The van der Waals surface area contributed by atoms with Crippen molar-refractivity contribution < 1.29 is 9.84 Å². The number of aromatic nitrogens is 2. The first-order valence-corrected chi connectivity index (χ1v) is 9.19. The number of fused-ring (bicyclic) bond motifs is 1. The molecule has 1 unspecified atom stereocenters. The summed E-state index contributed by atoms with van der Waals surface area (Å²) in [6.45, 7) is 3.51. The van der Waals surface area contributed by atoms with E-state index in [4.69, 9.17) is 4.74 Å². The first kappa shape index (κ1) is 16.8. The van der Waals surface area contributed by atoms with Gasteiger partial charge in [0.2, 0.25) is 0 Å². The summed E-state index contributed by atoms with van der Waals surface area (Å²) in [6.07, 6.45) is 3.28. The van der Waals surface area contributed by atoms with Gasteiger partial charge in [0, 0.05) is 40.3 Å². The molecule has 0 radical (unpaired) electrons. The number of hydrogen-bond acceptors (Lipinski definition) is 4. The molecule has 0 bridgehead atoms. The number of imidazole rings is 1. The third-order valence-corrected chi connectivity index (χ3v) is 6.06. The minimum Gasteiger partial charge on any atom is -0.390 e. The first-order valence-electron chi connectivity index (χ1n) is 9.19. The van der Waals surface area contributed by atoms with Crippen LogP contribution in [0.5, 0.6) is 0 Å². The van der Waals surface area contributed by atoms with Gasteiger partial charge < -0.3 is 9.84 Å². The van der Waals surface area contributed by atoms with Crippen molar-refractivity contribution in [1.29, 1.82) is 0 Å². The Balaban J connectivity index is 1.47. The molecule has 0 aliphatic carbocycles. The van der Waals surface area contributed by atoms with Gasteiger partial charge in [-0.3, -0.25) is 14.0 Å². The highest BCUT2D eigenvalue weighted by molar-refractivity contribution is 5.76. The quantitative estimate of drug-likeness (QED) is 0.893. The molecule has 1 spiro atoms. The predicted molar refractivity (Wildman–Crippen MR) is 96.6 cm³/mol. The molecule has 2 aliphatic heterocycles. The minimum absolute atomic E-state index is 0.00972. The summed E-state index contributed by atoms with van der Waals surface area (Å²) in [5.41, 5.74) is 2.85. The lowest BCUT2D eigenvalue weighted by atomic mass is 9.82. The highest BCUT2D eigenvalue weighted by Crippen LogP contribution is 2.35. The Kier molecular flexibility index (Phi) is 4.22. The zero-order chi connectivity index (χ0) is 17.6. The standard InChI is InChI=1S/C19H27N3O3/c1-20-15-6-5-14(12-16(15)21(2)18(20)24)13-22-9-7-19(8-10-22)17(23)4-3-11-25-19/h5-6,12,17,23H,3-4,7-11,13H2,1-2H3. The Bertz CT molecular complexity index is 830. The van der Waals surface area contributed by atoms with Crippen LogP contribution in [0.1, 0.15) is 31.2 Å². The lowest BCUT2D eigenvalue weighted by Gasteiger charge is -2.46. The van der Waals surface area contributed by atoms with Crippen molar-refractivity contribution in [2.45, 2.75) is 43.9 Å². The van der Waals surface area contributed by atoms with Gasteiger partial charge in [-0.25, -0.2) is 4.79 Å². The summed E-state index contributed by atoms with van der Waals surface area (Å²) >= 11 is 0. The van der Waals surface area contributed by atoms with Crippen molar-refractivity contribution in [2.24, 2.45) is 14.1 Å². The van der Waals surface area contributed by atoms with E-state index in [1.807, 2.05) is 20.2 Å². The molecule has 2 fully saturated rings. The van der Waals surface area contributed by atoms with Crippen LogP contribution in [0.4, 0.5) is 0 Å². The third-order valence-electron chi connectivity index (χ3n) is 6.06. The van der Waals surface area contributed by atoms with Crippen LogP contribution in [0.3, 0.4) is 0 Å². The van der Waals surface area contributed by atoms with E-state index in [9.17, 15) is 9.90 Å². The van der Waals surface area contributed by atoms with Crippen molar-refractivity contribution in [3.8, 4) is 0 Å². The van der Waals surface area contributed by atoms with Crippen LogP contribution in [0.15, 0.2) is 23.0 Å². The lowest BCUT2D eigenvalue weighted by Crippen LogP contribution is -2.55. The van der Waals surface area contributed by atoms with E-state index >= 15 is 0 Å². The predicted octanol–water partition coefficient (Wildman–Crippen LogP) is 1.38. The van der Waals surface area contributed by atoms with Crippen molar-refractivity contribution in [3.05, 3.63) is 34.2 Å². The molecule has 0 saturated carbocycles. The topological polar surface area (TPSA) is 59.6 Å². The van der Waals surface area contributed by atoms with Crippen LogP contribution < -0.4 is 5.69 Å². The first-order chi connectivity index (χ1) is 12.0. The number of aryl methyl sites for hydroxylation is 2. The van der Waals surface area contributed by atoms with E-state index in [1.54, 1.807) is 9.13 Å². The Labute approximate surface area is 147 Å². The van der Waals surface area contributed by atoms with Crippen molar-refractivity contribution in [1.82, 2.24) is 14.0 Å². The molecular formula is C19H27N3O3. The Morgan fingerprint density at radius 2 is 1.92 bits per heavy atom. The van der Waals surface area contributed by atoms with Crippen molar-refractivity contribution in [3.63, 3.8) is 0 Å². The van der Waals surface area contributed by atoms with Crippen LogP contribution >= 0.6 is 0 Å². The normalized spacial score (nSPS) is 24.2. The lowest BCUT2D eigenvalue weighted by molar-refractivity contribution is -0.177. The summed E-state index contributed by atoms with van der Waals surface area (Å²) in [5, 5.41) is 10.4. The second kappa shape index (κ2) is 6.27. The SMILES string of the molecule is Cn1c(=O)n(C)c2cc(CN3CCC4(CC3)OCCCC4O)ccc21. The molecule has 2 aromatic rings. The Morgan fingerprint density at radius 1 is 1.20 bits per heavy atom. The van der Waals surface area contributed by atoms with Gasteiger partial charge in [0.1, 0.15) is 0 Å². The molecule has 25 heavy (non-hydrogen) atoms. The van der Waals surface area contributed by atoms with E-state index in [0.29, 0.717) is 0 Å². The van der Waals surface area contributed by atoms with E-state index < -0.39 is 0 Å². The van der Waals surface area contributed by atoms with Crippen LogP contribution in [-0.4, -0.2) is 50.5 Å². The second-order valence-corrected chi connectivity index (χ2v) is 7.57. The van der Waals surface area contributed by atoms with Crippen molar-refractivity contribution >= 4 is 11.0 Å². The van der Waals surface area contributed by atoms with Crippen LogP contribution in [-0.2, 0) is 25.4 Å². The summed E-state index contributed by atoms with van der Waals surface area (Å²) in [4.78, 5) is 14.5. The van der Waals surface area contributed by atoms with Gasteiger partial charge in [-0.1, -0.05) is 6.07 Å². The highest BCUT2D eigenvalue weighted by atomic mass is 16.5. The number of rotatable bonds is 2. The van der Waals surface area contributed by atoms with Crippen LogP contribution in [0, 0.1) is 0 Å². The van der Waals surface area contributed by atoms with Gasteiger partial charge in [0.25, 0.3) is 0 Å². The zero-order valence-electron chi connectivity index (χ0n) is 15.1. The number of ether oxygens (including phenoxy) is 1. The number of nitrogens with zero attached hydrogens (tertiary/aromatic N) is 3. The van der Waals surface area contributed by atoms with Gasteiger partial charge >= 0.3 is 5.69 Å². The largest absolute Gasteiger partial charge is 0.390 e. The number of hydrogen-bond donors (Lipinski definition) is 1. The van der Waals surface area contributed by atoms with Crippen LogP contribution in [0.2, 0.25) is 0 Å². The number of piperidine rings is 1. The maximum absolute atomic E-state index is 12.1. The van der Waals surface area contributed by atoms with Gasteiger partial charge in [-0.15, -0.1) is 0 Å². The zero-order valence-corrected chi connectivity index (χ0v) is 15.1.